The van der Waals surface area contributed by atoms with Crippen LogP contribution in [0.3, 0.4) is 0 Å². The Hall–Kier alpha value is -1.80. The number of hydrogen-bond acceptors (Lipinski definition) is 2. The van der Waals surface area contributed by atoms with Gasteiger partial charge >= 0.3 is 0 Å². The fourth-order valence-electron chi connectivity index (χ4n) is 2.59. The van der Waals surface area contributed by atoms with Gasteiger partial charge in [0, 0.05) is 6.04 Å². The van der Waals surface area contributed by atoms with Crippen molar-refractivity contribution >= 4 is 0 Å². The Kier molecular flexibility index (Phi) is 5.40. The van der Waals surface area contributed by atoms with Crippen LogP contribution >= 0.6 is 0 Å². The third-order valence-electron chi connectivity index (χ3n) is 3.52. The molecule has 2 aromatic rings. The molecule has 1 unspecified atom stereocenters. The van der Waals surface area contributed by atoms with Crippen molar-refractivity contribution in [1.29, 1.82) is 0 Å². The minimum absolute atomic E-state index is 0.0198. The van der Waals surface area contributed by atoms with Crippen molar-refractivity contribution in [2.24, 2.45) is 5.73 Å². The van der Waals surface area contributed by atoms with E-state index in [9.17, 15) is 0 Å². The molecule has 0 aliphatic rings. The highest BCUT2D eigenvalue weighted by molar-refractivity contribution is 5.33. The van der Waals surface area contributed by atoms with Gasteiger partial charge in [0.2, 0.25) is 0 Å². The predicted octanol–water partition coefficient (Wildman–Crippen LogP) is 4.33. The monoisotopic (exact) mass is 283 g/mol. The molecule has 0 aliphatic carbocycles. The van der Waals surface area contributed by atoms with Crippen molar-refractivity contribution in [3.8, 4) is 5.75 Å². The van der Waals surface area contributed by atoms with Gasteiger partial charge in [-0.1, -0.05) is 48.4 Å². The SMILES string of the molecule is CCCOc1ccc(C(N)Cc2cc(C)cc(C)c2)cc1. The van der Waals surface area contributed by atoms with Crippen molar-refractivity contribution in [3.63, 3.8) is 0 Å². The first-order valence-electron chi connectivity index (χ1n) is 7.64. The Bertz CT molecular complexity index is 554. The second-order valence-electron chi connectivity index (χ2n) is 5.72. The van der Waals surface area contributed by atoms with Crippen LogP contribution in [0.4, 0.5) is 0 Å². The molecule has 0 aliphatic heterocycles. The number of rotatable bonds is 6. The van der Waals surface area contributed by atoms with Crippen LogP contribution in [0.25, 0.3) is 0 Å². The smallest absolute Gasteiger partial charge is 0.119 e. The first-order valence-corrected chi connectivity index (χ1v) is 7.64. The maximum atomic E-state index is 6.34. The quantitative estimate of drug-likeness (QED) is 0.856. The van der Waals surface area contributed by atoms with E-state index in [1.165, 1.54) is 16.7 Å². The summed E-state index contributed by atoms with van der Waals surface area (Å²) in [6.45, 7) is 7.12. The molecule has 0 spiro atoms. The molecule has 21 heavy (non-hydrogen) atoms. The van der Waals surface area contributed by atoms with Crippen LogP contribution in [0.5, 0.6) is 5.75 Å². The van der Waals surface area contributed by atoms with Crippen molar-refractivity contribution in [2.75, 3.05) is 6.61 Å². The zero-order valence-electron chi connectivity index (χ0n) is 13.2. The van der Waals surface area contributed by atoms with Crippen LogP contribution in [-0.4, -0.2) is 6.61 Å². The van der Waals surface area contributed by atoms with E-state index in [4.69, 9.17) is 10.5 Å². The average molecular weight is 283 g/mol. The van der Waals surface area contributed by atoms with Gasteiger partial charge < -0.3 is 10.5 Å². The molecule has 112 valence electrons. The summed E-state index contributed by atoms with van der Waals surface area (Å²) < 4.78 is 5.60. The summed E-state index contributed by atoms with van der Waals surface area (Å²) in [5.74, 6) is 0.916. The van der Waals surface area contributed by atoms with Crippen LogP contribution < -0.4 is 10.5 Å². The van der Waals surface area contributed by atoms with Gasteiger partial charge in [0.1, 0.15) is 5.75 Å². The van der Waals surface area contributed by atoms with Crippen LogP contribution in [0.2, 0.25) is 0 Å². The van der Waals surface area contributed by atoms with Gasteiger partial charge in [-0.05, 0) is 49.9 Å². The Labute approximate surface area is 127 Å². The van der Waals surface area contributed by atoms with Gasteiger partial charge in [-0.15, -0.1) is 0 Å². The lowest BCUT2D eigenvalue weighted by atomic mass is 9.97. The second kappa shape index (κ2) is 7.28. The molecular formula is C19H25NO. The highest BCUT2D eigenvalue weighted by Crippen LogP contribution is 2.21. The molecule has 0 fully saturated rings. The lowest BCUT2D eigenvalue weighted by molar-refractivity contribution is 0.317. The third kappa shape index (κ3) is 4.61. The van der Waals surface area contributed by atoms with Crippen molar-refractivity contribution in [3.05, 3.63) is 64.7 Å². The summed E-state index contributed by atoms with van der Waals surface area (Å²) in [6.07, 6.45) is 1.88. The van der Waals surface area contributed by atoms with Gasteiger partial charge in [0.25, 0.3) is 0 Å². The number of nitrogens with two attached hydrogens (primary N) is 1. The standard InChI is InChI=1S/C19H25NO/c1-4-9-21-18-7-5-17(6-8-18)19(20)13-16-11-14(2)10-15(3)12-16/h5-8,10-12,19H,4,9,13,20H2,1-3H3. The first-order chi connectivity index (χ1) is 10.1. The van der Waals surface area contributed by atoms with Crippen LogP contribution in [0.1, 0.15) is 41.6 Å². The van der Waals surface area contributed by atoms with Crippen molar-refractivity contribution in [1.82, 2.24) is 0 Å². The maximum Gasteiger partial charge on any atom is 0.119 e. The maximum absolute atomic E-state index is 6.34. The Balaban J connectivity index is 2.04. The largest absolute Gasteiger partial charge is 0.494 e. The molecular weight excluding hydrogens is 258 g/mol. The second-order valence-corrected chi connectivity index (χ2v) is 5.72. The molecule has 0 bridgehead atoms. The Morgan fingerprint density at radius 2 is 1.62 bits per heavy atom. The fourth-order valence-corrected chi connectivity index (χ4v) is 2.59. The molecule has 0 aromatic heterocycles. The topological polar surface area (TPSA) is 35.2 Å². The lowest BCUT2D eigenvalue weighted by Gasteiger charge is -2.14. The minimum atomic E-state index is 0.0198. The molecule has 0 amide bonds. The van der Waals surface area contributed by atoms with E-state index in [2.05, 4.69) is 51.1 Å². The number of hydrogen-bond donors (Lipinski definition) is 1. The average Bonchev–Trinajstić information content (AvgIpc) is 2.44. The summed E-state index contributed by atoms with van der Waals surface area (Å²) in [6, 6.07) is 14.8. The molecule has 2 rings (SSSR count). The molecule has 0 heterocycles. The van der Waals surface area contributed by atoms with Gasteiger partial charge in [0.15, 0.2) is 0 Å². The normalized spacial score (nSPS) is 12.2. The Morgan fingerprint density at radius 1 is 1.00 bits per heavy atom. The Morgan fingerprint density at radius 3 is 2.19 bits per heavy atom. The molecule has 2 aromatic carbocycles. The summed E-state index contributed by atoms with van der Waals surface area (Å²) >= 11 is 0. The third-order valence-corrected chi connectivity index (χ3v) is 3.52. The highest BCUT2D eigenvalue weighted by Gasteiger charge is 2.08. The van der Waals surface area contributed by atoms with Crippen LogP contribution in [0, 0.1) is 13.8 Å². The molecule has 0 saturated heterocycles. The van der Waals surface area contributed by atoms with Gasteiger partial charge in [-0.3, -0.25) is 0 Å². The van der Waals surface area contributed by atoms with Crippen LogP contribution in [0.15, 0.2) is 42.5 Å². The number of benzene rings is 2. The van der Waals surface area contributed by atoms with Crippen LogP contribution in [-0.2, 0) is 6.42 Å². The zero-order chi connectivity index (χ0) is 15.2. The summed E-state index contributed by atoms with van der Waals surface area (Å²) in [5, 5.41) is 0. The number of ether oxygens (including phenoxy) is 1. The number of aryl methyl sites for hydroxylation is 2. The molecule has 2 heteroatoms. The van der Waals surface area contributed by atoms with Crippen molar-refractivity contribution in [2.45, 2.75) is 39.7 Å². The molecule has 0 radical (unpaired) electrons. The van der Waals surface area contributed by atoms with E-state index in [-0.39, 0.29) is 6.04 Å². The molecule has 2 N–H and O–H groups in total. The molecule has 2 nitrogen and oxygen atoms in total. The van der Waals surface area contributed by atoms with E-state index < -0.39 is 0 Å². The fraction of sp³-hybridized carbons (Fsp3) is 0.368. The van der Waals surface area contributed by atoms with E-state index in [0.717, 1.165) is 30.8 Å². The first kappa shape index (κ1) is 15.6. The highest BCUT2D eigenvalue weighted by atomic mass is 16.5. The summed E-state index contributed by atoms with van der Waals surface area (Å²) in [5.41, 5.74) is 11.4. The molecule has 1 atom stereocenters. The minimum Gasteiger partial charge on any atom is -0.494 e. The van der Waals surface area contributed by atoms with Gasteiger partial charge in [0.05, 0.1) is 6.61 Å². The van der Waals surface area contributed by atoms with E-state index in [0.29, 0.717) is 0 Å². The predicted molar refractivity (Wildman–Crippen MR) is 88.8 cm³/mol. The van der Waals surface area contributed by atoms with Crippen molar-refractivity contribution < 1.29 is 4.74 Å². The van der Waals surface area contributed by atoms with Gasteiger partial charge in [-0.2, -0.15) is 0 Å². The zero-order valence-corrected chi connectivity index (χ0v) is 13.2. The van der Waals surface area contributed by atoms with E-state index in [1.54, 1.807) is 0 Å². The van der Waals surface area contributed by atoms with Gasteiger partial charge in [-0.25, -0.2) is 0 Å². The summed E-state index contributed by atoms with van der Waals surface area (Å²) in [4.78, 5) is 0. The molecule has 0 saturated carbocycles. The van der Waals surface area contributed by atoms with E-state index in [1.807, 2.05) is 12.1 Å². The lowest BCUT2D eigenvalue weighted by Crippen LogP contribution is -2.13. The van der Waals surface area contributed by atoms with E-state index >= 15 is 0 Å². The summed E-state index contributed by atoms with van der Waals surface area (Å²) in [7, 11) is 0.